The van der Waals surface area contributed by atoms with E-state index in [2.05, 4.69) is 11.5 Å². The van der Waals surface area contributed by atoms with E-state index >= 15 is 0 Å². The van der Waals surface area contributed by atoms with E-state index in [4.69, 9.17) is 26.6 Å². The monoisotopic (exact) mass is 473 g/mol. The average molecular weight is 474 g/mol. The molecule has 0 aliphatic carbocycles. The summed E-state index contributed by atoms with van der Waals surface area (Å²) in [5.41, 5.74) is 4.51. The Morgan fingerprint density at radius 1 is 0.853 bits per heavy atom. The summed E-state index contributed by atoms with van der Waals surface area (Å²) in [5.74, 6) is 0. The summed E-state index contributed by atoms with van der Waals surface area (Å²) in [6.07, 6.45) is 8.81. The summed E-state index contributed by atoms with van der Waals surface area (Å²) in [4.78, 5) is 28.1. The number of para-hydroxylation sites is 2. The predicted octanol–water partition coefficient (Wildman–Crippen LogP) is 6.36. The van der Waals surface area contributed by atoms with E-state index in [1.165, 1.54) is 25.7 Å². The third kappa shape index (κ3) is 4.42. The molecule has 0 aliphatic heterocycles. The van der Waals surface area contributed by atoms with Crippen molar-refractivity contribution in [1.29, 1.82) is 0 Å². The minimum atomic E-state index is -0.101. The molecule has 0 unspecified atom stereocenters. The Bertz CT molecular complexity index is 1500. The minimum absolute atomic E-state index is 0.101. The largest absolute Gasteiger partial charge is 0.308 e. The first-order valence-corrected chi connectivity index (χ1v) is 12.4. The van der Waals surface area contributed by atoms with Gasteiger partial charge in [-0.15, -0.1) is 0 Å². The van der Waals surface area contributed by atoms with Crippen LogP contribution in [0.2, 0.25) is 5.02 Å². The molecular weight excluding hydrogens is 446 g/mol. The summed E-state index contributed by atoms with van der Waals surface area (Å²) < 4.78 is 3.72. The Balaban J connectivity index is 1.59. The molecule has 7 heteroatoms. The van der Waals surface area contributed by atoms with E-state index in [0.717, 1.165) is 41.6 Å². The third-order valence-electron chi connectivity index (χ3n) is 6.32. The number of nitrogens with zero attached hydrogens (tertiary/aromatic N) is 5. The van der Waals surface area contributed by atoms with Crippen LogP contribution in [0.3, 0.4) is 0 Å². The van der Waals surface area contributed by atoms with Crippen LogP contribution in [0.4, 0.5) is 0 Å². The second-order valence-corrected chi connectivity index (χ2v) is 9.24. The smallest absolute Gasteiger partial charge is 0.265 e. The topological polar surface area (TPSA) is 65.6 Å². The number of benzene rings is 2. The van der Waals surface area contributed by atoms with Crippen LogP contribution in [0.5, 0.6) is 0 Å². The van der Waals surface area contributed by atoms with Gasteiger partial charge in [0, 0.05) is 11.6 Å². The van der Waals surface area contributed by atoms with Crippen LogP contribution in [0.25, 0.3) is 33.2 Å². The maximum Gasteiger partial charge on any atom is 0.265 e. The van der Waals surface area contributed by atoms with E-state index in [1.807, 2.05) is 48.5 Å². The summed E-state index contributed by atoms with van der Waals surface area (Å²) in [6.45, 7) is 3.42. The van der Waals surface area contributed by atoms with Crippen LogP contribution in [0, 0.1) is 0 Å². The van der Waals surface area contributed by atoms with Crippen molar-refractivity contribution in [3.8, 4) is 0 Å². The molecule has 0 fully saturated rings. The molecule has 0 saturated carbocycles. The zero-order valence-corrected chi connectivity index (χ0v) is 20.1. The van der Waals surface area contributed by atoms with Crippen LogP contribution < -0.4 is 5.56 Å². The molecule has 34 heavy (non-hydrogen) atoms. The predicted molar refractivity (Wildman–Crippen MR) is 139 cm³/mol. The minimum Gasteiger partial charge on any atom is -0.308 e. The number of hydrogen-bond acceptors (Lipinski definition) is 4. The highest BCUT2D eigenvalue weighted by molar-refractivity contribution is 6.30. The molecule has 0 atom stereocenters. The lowest BCUT2D eigenvalue weighted by molar-refractivity contribution is 0.568. The van der Waals surface area contributed by atoms with Crippen LogP contribution in [0.15, 0.2) is 59.7 Å². The van der Waals surface area contributed by atoms with Gasteiger partial charge in [0.15, 0.2) is 11.3 Å². The Kier molecular flexibility index (Phi) is 6.59. The van der Waals surface area contributed by atoms with Crippen LogP contribution in [0.1, 0.15) is 51.0 Å². The van der Waals surface area contributed by atoms with Crippen molar-refractivity contribution in [3.05, 3.63) is 75.8 Å². The Hall–Kier alpha value is -3.25. The van der Waals surface area contributed by atoms with E-state index in [1.54, 1.807) is 10.9 Å². The Morgan fingerprint density at radius 3 is 2.32 bits per heavy atom. The molecule has 0 spiro atoms. The third-order valence-corrected chi connectivity index (χ3v) is 6.57. The summed E-state index contributed by atoms with van der Waals surface area (Å²) in [5, 5.41) is 1.21. The number of halogens is 1. The van der Waals surface area contributed by atoms with Crippen LogP contribution in [-0.4, -0.2) is 24.1 Å². The maximum atomic E-state index is 13.6. The first kappa shape index (κ1) is 22.5. The highest BCUT2D eigenvalue weighted by Crippen LogP contribution is 2.25. The number of unbranched alkanes of at least 4 members (excludes halogenated alkanes) is 5. The van der Waals surface area contributed by atoms with Gasteiger partial charge in [-0.3, -0.25) is 9.36 Å². The van der Waals surface area contributed by atoms with Gasteiger partial charge in [-0.2, -0.15) is 0 Å². The molecule has 0 saturated heterocycles. The zero-order valence-electron chi connectivity index (χ0n) is 19.4. The fourth-order valence-electron chi connectivity index (χ4n) is 4.50. The van der Waals surface area contributed by atoms with Crippen molar-refractivity contribution < 1.29 is 0 Å². The second kappa shape index (κ2) is 9.94. The molecule has 5 rings (SSSR count). The Labute approximate surface area is 203 Å². The number of hydrogen-bond donors (Lipinski definition) is 0. The van der Waals surface area contributed by atoms with Crippen LogP contribution in [-0.2, 0) is 13.1 Å². The van der Waals surface area contributed by atoms with Gasteiger partial charge in [-0.1, -0.05) is 74.9 Å². The molecule has 0 bridgehead atoms. The van der Waals surface area contributed by atoms with Gasteiger partial charge in [-0.25, -0.2) is 15.0 Å². The van der Waals surface area contributed by atoms with Gasteiger partial charge in [-0.05, 0) is 36.2 Å². The van der Waals surface area contributed by atoms with E-state index < -0.39 is 0 Å². The van der Waals surface area contributed by atoms with Crippen molar-refractivity contribution in [1.82, 2.24) is 24.1 Å². The van der Waals surface area contributed by atoms with Gasteiger partial charge in [0.05, 0.1) is 17.6 Å². The molecule has 3 aromatic heterocycles. The molecule has 3 heterocycles. The van der Waals surface area contributed by atoms with Gasteiger partial charge in [0.2, 0.25) is 0 Å². The number of rotatable bonds is 9. The molecule has 5 aromatic rings. The fraction of sp³-hybridized carbons (Fsp3) is 0.333. The standard InChI is InChI=1S/C27H28ClN5O/c1-2-3-4-5-6-9-16-33-25-23(24-26(33)31-22-11-8-7-10-21(22)30-24)27(34)32(18-29-25)17-19-12-14-20(28)15-13-19/h7-8,10-15,18H,2-6,9,16-17H2,1H3. The van der Waals surface area contributed by atoms with Gasteiger partial charge in [0.1, 0.15) is 17.2 Å². The summed E-state index contributed by atoms with van der Waals surface area (Å²) in [6, 6.07) is 15.3. The van der Waals surface area contributed by atoms with Crippen molar-refractivity contribution >= 4 is 44.8 Å². The van der Waals surface area contributed by atoms with Gasteiger partial charge in [0.25, 0.3) is 5.56 Å². The highest BCUT2D eigenvalue weighted by Gasteiger charge is 2.19. The molecule has 0 amide bonds. The van der Waals surface area contributed by atoms with Crippen molar-refractivity contribution in [2.75, 3.05) is 0 Å². The van der Waals surface area contributed by atoms with E-state index in [0.29, 0.717) is 28.1 Å². The molecular formula is C27H28ClN5O. The lowest BCUT2D eigenvalue weighted by atomic mass is 10.1. The van der Waals surface area contributed by atoms with Crippen LogP contribution >= 0.6 is 11.6 Å². The van der Waals surface area contributed by atoms with Gasteiger partial charge < -0.3 is 4.57 Å². The Morgan fingerprint density at radius 2 is 1.56 bits per heavy atom. The van der Waals surface area contributed by atoms with Crippen molar-refractivity contribution in [2.45, 2.75) is 58.5 Å². The highest BCUT2D eigenvalue weighted by atomic mass is 35.5. The molecule has 2 aromatic carbocycles. The van der Waals surface area contributed by atoms with Gasteiger partial charge >= 0.3 is 0 Å². The lowest BCUT2D eigenvalue weighted by Gasteiger charge is -2.08. The average Bonchev–Trinajstić information content (AvgIpc) is 3.16. The summed E-state index contributed by atoms with van der Waals surface area (Å²) >= 11 is 6.02. The normalized spacial score (nSPS) is 11.7. The SMILES string of the molecule is CCCCCCCCn1c2nc3ccccc3nc2c2c(=O)n(Cc3ccc(Cl)cc3)cnc21. The maximum absolute atomic E-state index is 13.6. The van der Waals surface area contributed by atoms with E-state index in [-0.39, 0.29) is 5.56 Å². The van der Waals surface area contributed by atoms with Crippen molar-refractivity contribution in [2.24, 2.45) is 0 Å². The number of aromatic nitrogens is 5. The summed E-state index contributed by atoms with van der Waals surface area (Å²) in [7, 11) is 0. The fourth-order valence-corrected chi connectivity index (χ4v) is 4.63. The first-order valence-electron chi connectivity index (χ1n) is 12.0. The second-order valence-electron chi connectivity index (χ2n) is 8.81. The molecule has 6 nitrogen and oxygen atoms in total. The molecule has 174 valence electrons. The molecule has 0 N–H and O–H groups in total. The quantitative estimate of drug-likeness (QED) is 0.234. The number of aryl methyl sites for hydroxylation is 1. The number of fused-ring (bicyclic) bond motifs is 4. The zero-order chi connectivity index (χ0) is 23.5. The van der Waals surface area contributed by atoms with Crippen molar-refractivity contribution in [3.63, 3.8) is 0 Å². The lowest BCUT2D eigenvalue weighted by Crippen LogP contribution is -2.21. The molecule has 0 aliphatic rings. The molecule has 0 radical (unpaired) electrons. The first-order chi connectivity index (χ1) is 16.7. The van der Waals surface area contributed by atoms with E-state index in [9.17, 15) is 4.79 Å².